The number of aryl methyl sites for hydroxylation is 1. The van der Waals surface area contributed by atoms with Crippen LogP contribution < -0.4 is 5.32 Å². The second-order valence-electron chi connectivity index (χ2n) is 10.3. The van der Waals surface area contributed by atoms with E-state index in [1.165, 1.54) is 18.4 Å². The summed E-state index contributed by atoms with van der Waals surface area (Å²) in [6, 6.07) is 8.72. The van der Waals surface area contributed by atoms with E-state index in [1.807, 2.05) is 26.8 Å². The van der Waals surface area contributed by atoms with Gasteiger partial charge in [0, 0.05) is 17.0 Å². The van der Waals surface area contributed by atoms with E-state index in [0.29, 0.717) is 5.41 Å². The van der Waals surface area contributed by atoms with Gasteiger partial charge in [-0.05, 0) is 58.1 Å². The Kier molecular flexibility index (Phi) is 12.5. The fourth-order valence-electron chi connectivity index (χ4n) is 4.22. The smallest absolute Gasteiger partial charge is 0.226 e. The zero-order chi connectivity index (χ0) is 27.4. The lowest BCUT2D eigenvalue weighted by Crippen LogP contribution is -2.41. The number of nitrogens with one attached hydrogen (secondary N) is 1. The van der Waals surface area contributed by atoms with Crippen molar-refractivity contribution in [1.82, 2.24) is 10.3 Å². The minimum atomic E-state index is 0.00236. The Bertz CT molecular complexity index is 1060. The van der Waals surface area contributed by atoms with Crippen LogP contribution in [0.2, 0.25) is 0 Å². The summed E-state index contributed by atoms with van der Waals surface area (Å²) in [4.78, 5) is 18.3. The van der Waals surface area contributed by atoms with Crippen molar-refractivity contribution in [2.75, 3.05) is 13.2 Å². The summed E-state index contributed by atoms with van der Waals surface area (Å²) in [6.45, 7) is 20.5. The number of allylic oxidation sites excluding steroid dienone is 5. The van der Waals surface area contributed by atoms with Crippen molar-refractivity contribution in [3.63, 3.8) is 0 Å². The normalized spacial score (nSPS) is 15.0. The summed E-state index contributed by atoms with van der Waals surface area (Å²) in [7, 11) is 0. The standard InChI is InChI=1S/C25H32N2OS.C7H14O/c1-7-9-18(5)15-19(6)24-22(16-23(28)26-17(3)4)27-25(29-24)21-13-11-20(10-8-2)12-14-21;1-3-7(4-2)5-8-6-7/h7,9,11-15,17H,1,8,10,16H2,2-6H3,(H,26,28);3-6H2,1-2H3/b18-9-,19-15+;. The van der Waals surface area contributed by atoms with Crippen molar-refractivity contribution in [2.45, 2.75) is 86.6 Å². The molecule has 3 rings (SSSR count). The van der Waals surface area contributed by atoms with E-state index in [2.05, 4.69) is 69.9 Å². The first kappa shape index (κ1) is 30.7. The number of ether oxygens (including phenoxy) is 1. The van der Waals surface area contributed by atoms with Gasteiger partial charge in [0.05, 0.1) is 30.2 Å². The number of thiazole rings is 1. The SMILES string of the molecule is C=C/C=C(C)\C=C(/C)c1sc(-c2ccc(CCC)cc2)nc1CC(=O)NC(C)C.CCC1(CC)COC1. The highest BCUT2D eigenvalue weighted by atomic mass is 32.1. The predicted octanol–water partition coefficient (Wildman–Crippen LogP) is 8.19. The van der Waals surface area contributed by atoms with Crippen molar-refractivity contribution in [3.05, 3.63) is 70.8 Å². The number of hydrogen-bond acceptors (Lipinski definition) is 4. The van der Waals surface area contributed by atoms with Gasteiger partial charge in [-0.25, -0.2) is 4.98 Å². The fraction of sp³-hybridized carbons (Fsp3) is 0.500. The van der Waals surface area contributed by atoms with Gasteiger partial charge in [0.1, 0.15) is 5.01 Å². The fourth-order valence-corrected chi connectivity index (χ4v) is 5.28. The van der Waals surface area contributed by atoms with E-state index in [-0.39, 0.29) is 18.4 Å². The van der Waals surface area contributed by atoms with Crippen molar-refractivity contribution in [3.8, 4) is 10.6 Å². The van der Waals surface area contributed by atoms with Gasteiger partial charge in [0.15, 0.2) is 0 Å². The molecule has 4 nitrogen and oxygen atoms in total. The summed E-state index contributed by atoms with van der Waals surface area (Å²) in [5.74, 6) is 0.00236. The van der Waals surface area contributed by atoms with Gasteiger partial charge in [0.25, 0.3) is 0 Å². The van der Waals surface area contributed by atoms with Crippen LogP contribution in [0.15, 0.2) is 54.6 Å². The number of benzene rings is 1. The Morgan fingerprint density at radius 1 is 1.16 bits per heavy atom. The third-order valence-corrected chi connectivity index (χ3v) is 8.00. The maximum Gasteiger partial charge on any atom is 0.226 e. The molecule has 37 heavy (non-hydrogen) atoms. The van der Waals surface area contributed by atoms with Crippen LogP contribution in [0.1, 0.15) is 83.9 Å². The molecule has 2 heterocycles. The Hall–Kier alpha value is -2.50. The molecule has 0 radical (unpaired) electrons. The Labute approximate surface area is 228 Å². The Morgan fingerprint density at radius 3 is 2.27 bits per heavy atom. The maximum atomic E-state index is 12.4. The molecule has 2 aromatic rings. The number of amides is 1. The van der Waals surface area contributed by atoms with Gasteiger partial charge in [-0.1, -0.05) is 81.8 Å². The molecule has 1 aliphatic rings. The molecule has 1 aliphatic heterocycles. The summed E-state index contributed by atoms with van der Waals surface area (Å²) in [6.07, 6.45) is 10.9. The average molecular weight is 523 g/mol. The van der Waals surface area contributed by atoms with Crippen molar-refractivity contribution >= 4 is 22.8 Å². The highest BCUT2D eigenvalue weighted by Gasteiger charge is 2.34. The summed E-state index contributed by atoms with van der Waals surface area (Å²) in [5, 5.41) is 3.92. The quantitative estimate of drug-likeness (QED) is 0.303. The van der Waals surface area contributed by atoms with Crippen molar-refractivity contribution in [1.29, 1.82) is 0 Å². The third kappa shape index (κ3) is 9.39. The molecule has 0 bridgehead atoms. The number of rotatable bonds is 11. The molecule has 0 atom stereocenters. The van der Waals surface area contributed by atoms with Crippen LogP contribution in [0.25, 0.3) is 16.1 Å². The second kappa shape index (κ2) is 15.0. The minimum Gasteiger partial charge on any atom is -0.380 e. The summed E-state index contributed by atoms with van der Waals surface area (Å²) < 4.78 is 5.12. The van der Waals surface area contributed by atoms with E-state index in [9.17, 15) is 4.79 Å². The Morgan fingerprint density at radius 2 is 1.81 bits per heavy atom. The van der Waals surface area contributed by atoms with E-state index < -0.39 is 0 Å². The molecule has 1 aromatic carbocycles. The lowest BCUT2D eigenvalue weighted by atomic mass is 9.81. The van der Waals surface area contributed by atoms with Crippen LogP contribution >= 0.6 is 11.3 Å². The first-order chi connectivity index (χ1) is 17.7. The van der Waals surface area contributed by atoms with E-state index >= 15 is 0 Å². The zero-order valence-corrected chi connectivity index (χ0v) is 24.8. The minimum absolute atomic E-state index is 0.00236. The van der Waals surface area contributed by atoms with E-state index in [1.54, 1.807) is 17.4 Å². The molecular formula is C32H46N2O2S. The van der Waals surface area contributed by atoms with Gasteiger partial charge >= 0.3 is 0 Å². The van der Waals surface area contributed by atoms with Crippen LogP contribution in [0.4, 0.5) is 0 Å². The third-order valence-electron chi connectivity index (χ3n) is 6.71. The molecule has 0 spiro atoms. The average Bonchev–Trinajstić information content (AvgIpc) is 3.23. The molecule has 1 saturated heterocycles. The number of carbonyl (C=O) groups excluding carboxylic acids is 1. The summed E-state index contributed by atoms with van der Waals surface area (Å²) in [5.41, 5.74) is 6.08. The topological polar surface area (TPSA) is 51.2 Å². The highest BCUT2D eigenvalue weighted by molar-refractivity contribution is 7.16. The molecule has 0 saturated carbocycles. The number of aromatic nitrogens is 1. The lowest BCUT2D eigenvalue weighted by Gasteiger charge is -2.39. The molecule has 0 unspecified atom stereocenters. The maximum absolute atomic E-state index is 12.4. The molecule has 0 aliphatic carbocycles. The number of hydrogen-bond donors (Lipinski definition) is 1. The van der Waals surface area contributed by atoms with Crippen LogP contribution in [0, 0.1) is 5.41 Å². The van der Waals surface area contributed by atoms with Crippen LogP contribution in [0.5, 0.6) is 0 Å². The molecule has 5 heteroatoms. The first-order valence-corrected chi connectivity index (χ1v) is 14.4. The van der Waals surface area contributed by atoms with Gasteiger partial charge in [-0.15, -0.1) is 11.3 Å². The van der Waals surface area contributed by atoms with Gasteiger partial charge < -0.3 is 10.1 Å². The van der Waals surface area contributed by atoms with E-state index in [4.69, 9.17) is 9.72 Å². The van der Waals surface area contributed by atoms with Gasteiger partial charge in [-0.3, -0.25) is 4.79 Å². The predicted molar refractivity (Wildman–Crippen MR) is 160 cm³/mol. The van der Waals surface area contributed by atoms with E-state index in [0.717, 1.165) is 58.3 Å². The van der Waals surface area contributed by atoms with Crippen molar-refractivity contribution in [2.24, 2.45) is 5.41 Å². The van der Waals surface area contributed by atoms with Gasteiger partial charge in [-0.2, -0.15) is 0 Å². The van der Waals surface area contributed by atoms with Crippen LogP contribution in [-0.4, -0.2) is 30.1 Å². The lowest BCUT2D eigenvalue weighted by molar-refractivity contribution is -0.120. The highest BCUT2D eigenvalue weighted by Crippen LogP contribution is 2.35. The first-order valence-electron chi connectivity index (χ1n) is 13.6. The zero-order valence-electron chi connectivity index (χ0n) is 23.9. The molecule has 1 aromatic heterocycles. The molecule has 1 amide bonds. The largest absolute Gasteiger partial charge is 0.380 e. The van der Waals surface area contributed by atoms with Crippen molar-refractivity contribution < 1.29 is 9.53 Å². The molecular weight excluding hydrogens is 476 g/mol. The summed E-state index contributed by atoms with van der Waals surface area (Å²) >= 11 is 1.65. The van der Waals surface area contributed by atoms with Crippen LogP contribution in [-0.2, 0) is 22.4 Å². The molecule has 1 fully saturated rings. The number of nitrogens with zero attached hydrogens (tertiary/aromatic N) is 1. The second-order valence-corrected chi connectivity index (χ2v) is 11.3. The van der Waals surface area contributed by atoms with Gasteiger partial charge in [0.2, 0.25) is 5.91 Å². The number of carbonyl (C=O) groups is 1. The molecule has 202 valence electrons. The monoisotopic (exact) mass is 522 g/mol. The van der Waals surface area contributed by atoms with Crippen LogP contribution in [0.3, 0.4) is 0 Å². The Balaban J connectivity index is 0.000000510. The molecule has 1 N–H and O–H groups in total.